The predicted octanol–water partition coefficient (Wildman–Crippen LogP) is 4.60. The Morgan fingerprint density at radius 3 is 2.22 bits per heavy atom. The molecule has 2 N–H and O–H groups in total. The number of aromatic nitrogens is 5. The Labute approximate surface area is 212 Å². The summed E-state index contributed by atoms with van der Waals surface area (Å²) in [5, 5.41) is 15.6. The molecule has 3 aromatic carbocycles. The SMILES string of the molecule is COc1cc(Nc2ncnc(-n3c(Nc4ccc(C#N)cc4)nc4ccccc43)n2)cc(OC)c1OC. The number of hydrogen-bond acceptors (Lipinski definition) is 10. The Morgan fingerprint density at radius 1 is 0.811 bits per heavy atom. The first-order chi connectivity index (χ1) is 18.1. The molecule has 0 bridgehead atoms. The molecule has 0 atom stereocenters. The molecule has 0 fully saturated rings. The van der Waals surface area contributed by atoms with E-state index < -0.39 is 0 Å². The number of nitrogens with zero attached hydrogens (tertiary/aromatic N) is 6. The van der Waals surface area contributed by atoms with Gasteiger partial charge in [0.1, 0.15) is 6.33 Å². The summed E-state index contributed by atoms with van der Waals surface area (Å²) in [7, 11) is 4.65. The van der Waals surface area contributed by atoms with Gasteiger partial charge in [-0.1, -0.05) is 12.1 Å². The molecule has 0 radical (unpaired) electrons. The van der Waals surface area contributed by atoms with Crippen molar-refractivity contribution in [3.63, 3.8) is 0 Å². The highest BCUT2D eigenvalue weighted by Crippen LogP contribution is 2.40. The average molecular weight is 495 g/mol. The molecule has 0 aliphatic rings. The van der Waals surface area contributed by atoms with Gasteiger partial charge in [0, 0.05) is 23.5 Å². The third-order valence-electron chi connectivity index (χ3n) is 5.51. The van der Waals surface area contributed by atoms with Gasteiger partial charge in [0.25, 0.3) is 0 Å². The summed E-state index contributed by atoms with van der Waals surface area (Å²) < 4.78 is 18.1. The minimum absolute atomic E-state index is 0.307. The Balaban J connectivity index is 1.53. The summed E-state index contributed by atoms with van der Waals surface area (Å²) >= 11 is 0. The fraction of sp³-hybridized carbons (Fsp3) is 0.115. The molecule has 5 rings (SSSR count). The number of anilines is 4. The van der Waals surface area contributed by atoms with E-state index in [0.717, 1.165) is 16.7 Å². The van der Waals surface area contributed by atoms with Gasteiger partial charge >= 0.3 is 0 Å². The van der Waals surface area contributed by atoms with Gasteiger partial charge in [-0.25, -0.2) is 19.5 Å². The highest BCUT2D eigenvalue weighted by atomic mass is 16.5. The summed E-state index contributed by atoms with van der Waals surface area (Å²) in [6.07, 6.45) is 1.42. The fourth-order valence-corrected chi connectivity index (χ4v) is 3.81. The van der Waals surface area contributed by atoms with Crippen LogP contribution < -0.4 is 24.8 Å². The zero-order chi connectivity index (χ0) is 25.8. The van der Waals surface area contributed by atoms with E-state index in [2.05, 4.69) is 31.7 Å². The highest BCUT2D eigenvalue weighted by molar-refractivity contribution is 5.81. The second-order valence-electron chi connectivity index (χ2n) is 7.72. The van der Waals surface area contributed by atoms with E-state index >= 15 is 0 Å². The van der Waals surface area contributed by atoms with Crippen LogP contribution >= 0.6 is 0 Å². The van der Waals surface area contributed by atoms with E-state index in [9.17, 15) is 0 Å². The predicted molar refractivity (Wildman–Crippen MR) is 138 cm³/mol. The molecule has 0 saturated carbocycles. The first kappa shape index (κ1) is 23.4. The highest BCUT2D eigenvalue weighted by Gasteiger charge is 2.17. The van der Waals surface area contributed by atoms with Crippen molar-refractivity contribution >= 4 is 34.3 Å². The van der Waals surface area contributed by atoms with Crippen LogP contribution in [-0.2, 0) is 0 Å². The van der Waals surface area contributed by atoms with Gasteiger partial charge in [-0.05, 0) is 36.4 Å². The molecule has 0 unspecified atom stereocenters. The normalized spacial score (nSPS) is 10.5. The summed E-state index contributed by atoms with van der Waals surface area (Å²) in [5.74, 6) is 2.64. The van der Waals surface area contributed by atoms with Crippen molar-refractivity contribution in [2.75, 3.05) is 32.0 Å². The van der Waals surface area contributed by atoms with Crippen molar-refractivity contribution in [3.05, 3.63) is 72.6 Å². The number of benzene rings is 3. The number of rotatable bonds is 8. The molecule has 184 valence electrons. The van der Waals surface area contributed by atoms with Gasteiger partial charge in [0.05, 0.1) is 44.0 Å². The molecule has 5 aromatic rings. The molecule has 0 aliphatic heterocycles. The van der Waals surface area contributed by atoms with Crippen molar-refractivity contribution in [2.45, 2.75) is 0 Å². The number of fused-ring (bicyclic) bond motifs is 1. The fourth-order valence-electron chi connectivity index (χ4n) is 3.81. The molecular formula is C26H22N8O3. The van der Waals surface area contributed by atoms with Crippen molar-refractivity contribution in [1.29, 1.82) is 5.26 Å². The second kappa shape index (κ2) is 10.1. The minimum atomic E-state index is 0.307. The van der Waals surface area contributed by atoms with Gasteiger partial charge in [0.15, 0.2) is 11.5 Å². The number of methoxy groups -OCH3 is 3. The number of hydrogen-bond donors (Lipinski definition) is 2. The van der Waals surface area contributed by atoms with E-state index in [1.807, 2.05) is 36.4 Å². The van der Waals surface area contributed by atoms with Crippen LogP contribution in [-0.4, -0.2) is 45.8 Å². The van der Waals surface area contributed by atoms with Crippen molar-refractivity contribution < 1.29 is 14.2 Å². The third-order valence-corrected chi connectivity index (χ3v) is 5.51. The molecule has 11 heteroatoms. The molecule has 0 amide bonds. The lowest BCUT2D eigenvalue weighted by Gasteiger charge is -2.15. The topological polar surface area (TPSA) is 132 Å². The number of ether oxygens (including phenoxy) is 3. The lowest BCUT2D eigenvalue weighted by molar-refractivity contribution is 0.324. The van der Waals surface area contributed by atoms with Crippen LogP contribution in [0.15, 0.2) is 67.0 Å². The first-order valence-electron chi connectivity index (χ1n) is 11.1. The van der Waals surface area contributed by atoms with Gasteiger partial charge in [-0.3, -0.25) is 0 Å². The van der Waals surface area contributed by atoms with Crippen molar-refractivity contribution in [1.82, 2.24) is 24.5 Å². The van der Waals surface area contributed by atoms with E-state index in [0.29, 0.717) is 46.3 Å². The van der Waals surface area contributed by atoms with Crippen LogP contribution in [0.5, 0.6) is 17.2 Å². The van der Waals surface area contributed by atoms with Gasteiger partial charge < -0.3 is 24.8 Å². The molecule has 11 nitrogen and oxygen atoms in total. The minimum Gasteiger partial charge on any atom is -0.493 e. The summed E-state index contributed by atoms with van der Waals surface area (Å²) in [6, 6.07) is 20.4. The number of para-hydroxylation sites is 2. The van der Waals surface area contributed by atoms with E-state index in [-0.39, 0.29) is 0 Å². The zero-order valence-corrected chi connectivity index (χ0v) is 20.3. The lowest BCUT2D eigenvalue weighted by atomic mass is 10.2. The van der Waals surface area contributed by atoms with Crippen molar-refractivity contribution in [2.24, 2.45) is 0 Å². The first-order valence-corrected chi connectivity index (χ1v) is 11.1. The molecule has 37 heavy (non-hydrogen) atoms. The van der Waals surface area contributed by atoms with Gasteiger partial charge in [-0.2, -0.15) is 10.2 Å². The lowest BCUT2D eigenvalue weighted by Crippen LogP contribution is -2.08. The monoisotopic (exact) mass is 494 g/mol. The van der Waals surface area contributed by atoms with E-state index in [4.69, 9.17) is 24.5 Å². The number of imidazole rings is 1. The van der Waals surface area contributed by atoms with Crippen LogP contribution in [0.3, 0.4) is 0 Å². The van der Waals surface area contributed by atoms with Crippen LogP contribution in [0.1, 0.15) is 5.56 Å². The molecule has 0 aliphatic carbocycles. The van der Waals surface area contributed by atoms with Gasteiger partial charge in [0.2, 0.25) is 23.6 Å². The van der Waals surface area contributed by atoms with Gasteiger partial charge in [-0.15, -0.1) is 0 Å². The van der Waals surface area contributed by atoms with Crippen molar-refractivity contribution in [3.8, 4) is 29.3 Å². The zero-order valence-electron chi connectivity index (χ0n) is 20.3. The maximum absolute atomic E-state index is 9.09. The summed E-state index contributed by atoms with van der Waals surface area (Å²) in [4.78, 5) is 18.0. The summed E-state index contributed by atoms with van der Waals surface area (Å²) in [6.45, 7) is 0. The number of nitriles is 1. The smallest absolute Gasteiger partial charge is 0.241 e. The summed E-state index contributed by atoms with van der Waals surface area (Å²) in [5.41, 5.74) is 3.54. The Bertz CT molecular complexity index is 1580. The maximum Gasteiger partial charge on any atom is 0.241 e. The molecule has 0 spiro atoms. The Kier molecular flexibility index (Phi) is 6.37. The molecule has 0 saturated heterocycles. The average Bonchev–Trinajstić information content (AvgIpc) is 3.30. The Morgan fingerprint density at radius 2 is 1.54 bits per heavy atom. The van der Waals surface area contributed by atoms with E-state index in [1.54, 1.807) is 50.2 Å². The standard InChI is InChI=1S/C26H22N8O3/c1-35-21-12-18(13-22(36-2)23(21)37-3)30-24-28-15-29-25(33-24)34-20-7-5-4-6-19(20)32-26(34)31-17-10-8-16(14-27)9-11-17/h4-13,15H,1-3H3,(H,31,32)(H,28,29,30,33). The maximum atomic E-state index is 9.09. The molecular weight excluding hydrogens is 472 g/mol. The third kappa shape index (κ3) is 4.63. The van der Waals surface area contributed by atoms with Crippen LogP contribution in [0, 0.1) is 11.3 Å². The Hall–Kier alpha value is -5.37. The van der Waals surface area contributed by atoms with Crippen LogP contribution in [0.4, 0.5) is 23.3 Å². The largest absolute Gasteiger partial charge is 0.493 e. The van der Waals surface area contributed by atoms with Crippen LogP contribution in [0.25, 0.3) is 17.0 Å². The van der Waals surface area contributed by atoms with Crippen LogP contribution in [0.2, 0.25) is 0 Å². The molecule has 2 heterocycles. The molecule has 2 aromatic heterocycles. The second-order valence-corrected chi connectivity index (χ2v) is 7.72. The number of nitrogens with one attached hydrogen (secondary N) is 2. The van der Waals surface area contributed by atoms with E-state index in [1.165, 1.54) is 6.33 Å². The quantitative estimate of drug-likeness (QED) is 0.315.